The first-order valence-electron chi connectivity index (χ1n) is 11.3. The van der Waals surface area contributed by atoms with Crippen LogP contribution in [0.5, 0.6) is 11.5 Å². The molecule has 0 bridgehead atoms. The van der Waals surface area contributed by atoms with Crippen molar-refractivity contribution in [3.8, 4) is 11.5 Å². The van der Waals surface area contributed by atoms with E-state index < -0.39 is 5.92 Å². The lowest BCUT2D eigenvalue weighted by atomic mass is 9.86. The molecule has 0 saturated heterocycles. The molecule has 1 aliphatic heterocycles. The number of hydrogen-bond acceptors (Lipinski definition) is 6. The Labute approximate surface area is 203 Å². The van der Waals surface area contributed by atoms with Crippen LogP contribution in [-0.4, -0.2) is 29.6 Å². The molecule has 2 aromatic carbocycles. The average molecular weight is 480 g/mol. The highest BCUT2D eigenvalue weighted by Gasteiger charge is 2.31. The second kappa shape index (κ2) is 10.3. The Morgan fingerprint density at radius 2 is 1.94 bits per heavy atom. The highest BCUT2D eigenvalue weighted by molar-refractivity contribution is 7.98. The lowest BCUT2D eigenvalue weighted by Crippen LogP contribution is -2.31. The maximum atomic E-state index is 13.1. The van der Waals surface area contributed by atoms with Crippen LogP contribution in [0.25, 0.3) is 0 Å². The van der Waals surface area contributed by atoms with Crippen molar-refractivity contribution in [2.24, 2.45) is 5.92 Å². The second-order valence-electron chi connectivity index (χ2n) is 8.77. The smallest absolute Gasteiger partial charge is 0.257 e. The fourth-order valence-corrected chi connectivity index (χ4v) is 4.84. The molecule has 0 aliphatic carbocycles. The van der Waals surface area contributed by atoms with E-state index in [-0.39, 0.29) is 17.9 Å². The van der Waals surface area contributed by atoms with Gasteiger partial charge < -0.3 is 19.8 Å². The normalized spacial score (nSPS) is 15.1. The standard InChI is InChI=1S/C26H29N3O4S/c1-15(2)13-33-20-10-9-17(11-21(20)32-4)19-12-22(30)27-24-23(19)25(31)29-26(28-24)34-14-18-8-6-5-7-16(18)3/h5-11,15,19H,12-14H2,1-4H3,(H2,27,28,29,30,31)/t19-/m0/s1. The molecule has 0 spiro atoms. The fourth-order valence-electron chi connectivity index (χ4n) is 3.90. The molecule has 0 unspecified atom stereocenters. The van der Waals surface area contributed by atoms with Gasteiger partial charge in [0.2, 0.25) is 5.91 Å². The van der Waals surface area contributed by atoms with E-state index in [1.807, 2.05) is 30.3 Å². The molecule has 0 saturated carbocycles. The van der Waals surface area contributed by atoms with Crippen LogP contribution in [-0.2, 0) is 10.5 Å². The van der Waals surface area contributed by atoms with Crippen molar-refractivity contribution < 1.29 is 14.3 Å². The molecular formula is C26H29N3O4S. The van der Waals surface area contributed by atoms with Crippen LogP contribution < -0.4 is 20.3 Å². The molecule has 8 heteroatoms. The van der Waals surface area contributed by atoms with Crippen LogP contribution in [0.1, 0.15) is 48.4 Å². The molecule has 3 aromatic rings. The summed E-state index contributed by atoms with van der Waals surface area (Å²) in [7, 11) is 1.58. The zero-order valence-corrected chi connectivity index (χ0v) is 20.6. The summed E-state index contributed by atoms with van der Waals surface area (Å²) in [6.07, 6.45) is 0.156. The molecular weight excluding hydrogens is 450 g/mol. The zero-order chi connectivity index (χ0) is 24.2. The van der Waals surface area contributed by atoms with Crippen LogP contribution in [0, 0.1) is 12.8 Å². The maximum Gasteiger partial charge on any atom is 0.257 e. The van der Waals surface area contributed by atoms with Crippen LogP contribution in [0.4, 0.5) is 5.82 Å². The molecule has 0 radical (unpaired) electrons. The van der Waals surface area contributed by atoms with Gasteiger partial charge in [0.25, 0.3) is 5.56 Å². The van der Waals surface area contributed by atoms with Crippen LogP contribution >= 0.6 is 11.8 Å². The Hall–Kier alpha value is -3.26. The van der Waals surface area contributed by atoms with Gasteiger partial charge in [-0.15, -0.1) is 0 Å². The van der Waals surface area contributed by atoms with Gasteiger partial charge >= 0.3 is 0 Å². The molecule has 178 valence electrons. The topological polar surface area (TPSA) is 93.3 Å². The minimum atomic E-state index is -0.427. The number of fused-ring (bicyclic) bond motifs is 1. The highest BCUT2D eigenvalue weighted by Crippen LogP contribution is 2.38. The first kappa shape index (κ1) is 23.9. The number of aromatic amines is 1. The number of thioether (sulfide) groups is 1. The second-order valence-corrected chi connectivity index (χ2v) is 9.73. The number of ether oxygens (including phenoxy) is 2. The number of amides is 1. The van der Waals surface area contributed by atoms with Crippen molar-refractivity contribution >= 4 is 23.5 Å². The number of H-pyrrole nitrogens is 1. The Kier molecular flexibility index (Phi) is 7.26. The number of nitrogens with zero attached hydrogens (tertiary/aromatic N) is 1. The predicted octanol–water partition coefficient (Wildman–Crippen LogP) is 4.89. The minimum absolute atomic E-state index is 0.156. The number of methoxy groups -OCH3 is 1. The van der Waals surface area contributed by atoms with Gasteiger partial charge in [-0.2, -0.15) is 0 Å². The number of carbonyl (C=O) groups excluding carboxylic acids is 1. The minimum Gasteiger partial charge on any atom is -0.493 e. The summed E-state index contributed by atoms with van der Waals surface area (Å²) < 4.78 is 11.4. The fraction of sp³-hybridized carbons (Fsp3) is 0.346. The molecule has 2 heterocycles. The third-order valence-corrected chi connectivity index (χ3v) is 6.64. The van der Waals surface area contributed by atoms with Crippen LogP contribution in [0.3, 0.4) is 0 Å². The predicted molar refractivity (Wildman–Crippen MR) is 134 cm³/mol. The van der Waals surface area contributed by atoms with E-state index in [4.69, 9.17) is 9.47 Å². The summed E-state index contributed by atoms with van der Waals surface area (Å²) in [6, 6.07) is 13.6. The van der Waals surface area contributed by atoms with E-state index in [9.17, 15) is 9.59 Å². The molecule has 4 rings (SSSR count). The van der Waals surface area contributed by atoms with E-state index >= 15 is 0 Å². The lowest BCUT2D eigenvalue weighted by Gasteiger charge is -2.25. The highest BCUT2D eigenvalue weighted by atomic mass is 32.2. The summed E-state index contributed by atoms with van der Waals surface area (Å²) in [5.41, 5.74) is 3.36. The van der Waals surface area contributed by atoms with Crippen molar-refractivity contribution in [1.29, 1.82) is 0 Å². The summed E-state index contributed by atoms with van der Waals surface area (Å²) >= 11 is 1.43. The first-order chi connectivity index (χ1) is 16.4. The number of carbonyl (C=O) groups is 1. The van der Waals surface area contributed by atoms with E-state index in [1.54, 1.807) is 7.11 Å². The molecule has 7 nitrogen and oxygen atoms in total. The number of hydrogen-bond donors (Lipinski definition) is 2. The summed E-state index contributed by atoms with van der Waals surface area (Å²) in [5.74, 6) is 1.96. The summed E-state index contributed by atoms with van der Waals surface area (Å²) in [5, 5.41) is 3.26. The summed E-state index contributed by atoms with van der Waals surface area (Å²) in [6.45, 7) is 6.77. The van der Waals surface area contributed by atoms with Crippen molar-refractivity contribution in [2.75, 3.05) is 19.0 Å². The number of aromatic nitrogens is 2. The summed E-state index contributed by atoms with van der Waals surface area (Å²) in [4.78, 5) is 33.1. The Bertz CT molecular complexity index is 1260. The Morgan fingerprint density at radius 1 is 1.15 bits per heavy atom. The molecule has 34 heavy (non-hydrogen) atoms. The monoisotopic (exact) mass is 479 g/mol. The molecule has 0 fully saturated rings. The first-order valence-corrected chi connectivity index (χ1v) is 12.3. The van der Waals surface area contributed by atoms with Crippen LogP contribution in [0.2, 0.25) is 0 Å². The number of benzene rings is 2. The zero-order valence-electron chi connectivity index (χ0n) is 19.8. The van der Waals surface area contributed by atoms with Gasteiger partial charge in [-0.25, -0.2) is 4.98 Å². The molecule has 1 atom stereocenters. The molecule has 1 aliphatic rings. The average Bonchev–Trinajstić information content (AvgIpc) is 2.81. The van der Waals surface area contributed by atoms with Gasteiger partial charge in [-0.05, 0) is 41.7 Å². The quantitative estimate of drug-likeness (QED) is 0.353. The Balaban J connectivity index is 1.63. The van der Waals surface area contributed by atoms with Crippen molar-refractivity contribution in [1.82, 2.24) is 9.97 Å². The third kappa shape index (κ3) is 5.28. The van der Waals surface area contributed by atoms with Crippen LogP contribution in [0.15, 0.2) is 52.4 Å². The van der Waals surface area contributed by atoms with E-state index in [0.29, 0.717) is 46.3 Å². The van der Waals surface area contributed by atoms with Gasteiger partial charge in [-0.3, -0.25) is 9.59 Å². The number of aryl methyl sites for hydroxylation is 1. The number of rotatable bonds is 8. The molecule has 1 amide bonds. The van der Waals surface area contributed by atoms with Gasteiger partial charge in [-0.1, -0.05) is 55.9 Å². The van der Waals surface area contributed by atoms with E-state index in [2.05, 4.69) is 48.2 Å². The number of anilines is 1. The van der Waals surface area contributed by atoms with Gasteiger partial charge in [0.1, 0.15) is 5.82 Å². The van der Waals surface area contributed by atoms with Gasteiger partial charge in [0, 0.05) is 18.1 Å². The SMILES string of the molecule is COc1cc([C@@H]2CC(=O)Nc3nc(SCc4ccccc4C)[nH]c(=O)c32)ccc1OCC(C)C. The van der Waals surface area contributed by atoms with Crippen molar-refractivity contribution in [2.45, 2.75) is 44.0 Å². The van der Waals surface area contributed by atoms with E-state index in [0.717, 1.165) is 5.56 Å². The third-order valence-electron chi connectivity index (χ3n) is 5.72. The molecule has 2 N–H and O–H groups in total. The number of nitrogens with one attached hydrogen (secondary N) is 2. The van der Waals surface area contributed by atoms with Crippen molar-refractivity contribution in [3.63, 3.8) is 0 Å². The van der Waals surface area contributed by atoms with Crippen molar-refractivity contribution in [3.05, 3.63) is 75.1 Å². The van der Waals surface area contributed by atoms with Gasteiger partial charge in [0.05, 0.1) is 19.3 Å². The van der Waals surface area contributed by atoms with Gasteiger partial charge in [0.15, 0.2) is 16.7 Å². The Morgan fingerprint density at radius 3 is 2.68 bits per heavy atom. The molecule has 1 aromatic heterocycles. The maximum absolute atomic E-state index is 13.1. The van der Waals surface area contributed by atoms with E-state index in [1.165, 1.54) is 22.9 Å². The lowest BCUT2D eigenvalue weighted by molar-refractivity contribution is -0.116. The largest absolute Gasteiger partial charge is 0.493 e.